The quantitative estimate of drug-likeness (QED) is 0.796. The first kappa shape index (κ1) is 13.2. The predicted octanol–water partition coefficient (Wildman–Crippen LogP) is 0.801. The van der Waals surface area contributed by atoms with Crippen molar-refractivity contribution in [3.63, 3.8) is 0 Å². The van der Waals surface area contributed by atoms with E-state index >= 15 is 0 Å². The van der Waals surface area contributed by atoms with E-state index in [4.69, 9.17) is 0 Å². The van der Waals surface area contributed by atoms with E-state index in [1.54, 1.807) is 11.9 Å². The van der Waals surface area contributed by atoms with Gasteiger partial charge in [0, 0.05) is 20.1 Å². The maximum absolute atomic E-state index is 12.2. The van der Waals surface area contributed by atoms with E-state index in [0.717, 1.165) is 5.56 Å². The van der Waals surface area contributed by atoms with Gasteiger partial charge in [0.15, 0.2) is 5.82 Å². The smallest absolute Gasteiger partial charge is 0.230 e. The van der Waals surface area contributed by atoms with Gasteiger partial charge in [-0.15, -0.1) is 5.10 Å². The van der Waals surface area contributed by atoms with Gasteiger partial charge in [-0.2, -0.15) is 0 Å². The molecule has 1 amide bonds. The lowest BCUT2D eigenvalue weighted by molar-refractivity contribution is -0.131. The molecular weight excluding hydrogens is 242 g/mol. The molecule has 0 aliphatic rings. The molecule has 19 heavy (non-hydrogen) atoms. The molecule has 6 heteroatoms. The summed E-state index contributed by atoms with van der Waals surface area (Å²) in [7, 11) is 1.73. The summed E-state index contributed by atoms with van der Waals surface area (Å²) in [5.41, 5.74) is 1.12. The molecular formula is C13H17N5O. The average molecular weight is 259 g/mol. The van der Waals surface area contributed by atoms with Gasteiger partial charge in [0.25, 0.3) is 0 Å². The van der Waals surface area contributed by atoms with Crippen LogP contribution in [0.15, 0.2) is 30.3 Å². The maximum atomic E-state index is 12.2. The second kappa shape index (κ2) is 6.08. The lowest BCUT2D eigenvalue weighted by atomic mass is 10.2. The Hall–Kier alpha value is -2.24. The molecule has 100 valence electrons. The predicted molar refractivity (Wildman–Crippen MR) is 70.0 cm³/mol. The van der Waals surface area contributed by atoms with Crippen LogP contribution in [-0.2, 0) is 24.8 Å². The summed E-state index contributed by atoms with van der Waals surface area (Å²) in [4.78, 5) is 14.0. The van der Waals surface area contributed by atoms with Gasteiger partial charge in [-0.1, -0.05) is 30.3 Å². The van der Waals surface area contributed by atoms with E-state index in [9.17, 15) is 4.79 Å². The fourth-order valence-electron chi connectivity index (χ4n) is 1.82. The van der Waals surface area contributed by atoms with Gasteiger partial charge in [-0.3, -0.25) is 4.79 Å². The first-order chi connectivity index (χ1) is 9.20. The van der Waals surface area contributed by atoms with Crippen molar-refractivity contribution in [2.75, 3.05) is 6.54 Å². The summed E-state index contributed by atoms with van der Waals surface area (Å²) in [5, 5.41) is 11.1. The fourth-order valence-corrected chi connectivity index (χ4v) is 1.82. The zero-order valence-electron chi connectivity index (χ0n) is 11.2. The highest BCUT2D eigenvalue weighted by Crippen LogP contribution is 2.06. The van der Waals surface area contributed by atoms with E-state index in [0.29, 0.717) is 18.9 Å². The van der Waals surface area contributed by atoms with E-state index in [-0.39, 0.29) is 12.3 Å². The van der Waals surface area contributed by atoms with Crippen LogP contribution in [-0.4, -0.2) is 37.6 Å². The number of hydrogen-bond donors (Lipinski definition) is 0. The van der Waals surface area contributed by atoms with Crippen LogP contribution < -0.4 is 0 Å². The molecule has 6 nitrogen and oxygen atoms in total. The van der Waals surface area contributed by atoms with Crippen LogP contribution in [0.25, 0.3) is 0 Å². The Balaban J connectivity index is 2.01. The second-order valence-corrected chi connectivity index (χ2v) is 4.29. The van der Waals surface area contributed by atoms with Crippen molar-refractivity contribution in [3.8, 4) is 0 Å². The Morgan fingerprint density at radius 3 is 2.63 bits per heavy atom. The molecule has 2 aromatic rings. The van der Waals surface area contributed by atoms with Crippen molar-refractivity contribution in [1.82, 2.24) is 25.1 Å². The normalized spacial score (nSPS) is 10.4. The monoisotopic (exact) mass is 259 g/mol. The number of carbonyl (C=O) groups excluding carboxylic acids is 1. The number of hydrogen-bond acceptors (Lipinski definition) is 4. The van der Waals surface area contributed by atoms with E-state index in [2.05, 4.69) is 15.5 Å². The number of carbonyl (C=O) groups is 1. The molecule has 0 unspecified atom stereocenters. The van der Waals surface area contributed by atoms with E-state index in [1.807, 2.05) is 37.3 Å². The van der Waals surface area contributed by atoms with Crippen molar-refractivity contribution in [2.24, 2.45) is 7.05 Å². The Labute approximate surface area is 112 Å². The summed E-state index contributed by atoms with van der Waals surface area (Å²) >= 11 is 0. The molecule has 0 radical (unpaired) electrons. The molecule has 1 aromatic carbocycles. The summed E-state index contributed by atoms with van der Waals surface area (Å²) in [5.74, 6) is 0.612. The molecule has 0 atom stereocenters. The first-order valence-electron chi connectivity index (χ1n) is 6.23. The Morgan fingerprint density at radius 2 is 2.05 bits per heavy atom. The van der Waals surface area contributed by atoms with Crippen LogP contribution >= 0.6 is 0 Å². The minimum Gasteiger partial charge on any atom is -0.338 e. The summed E-state index contributed by atoms with van der Waals surface area (Å²) in [6.45, 7) is 3.25. The molecule has 1 heterocycles. The van der Waals surface area contributed by atoms with Gasteiger partial charge in [0.2, 0.25) is 5.91 Å². The minimum atomic E-state index is 0.0317. The van der Waals surface area contributed by atoms with Crippen LogP contribution in [0.5, 0.6) is 0 Å². The van der Waals surface area contributed by atoms with Gasteiger partial charge < -0.3 is 4.90 Å². The Kier molecular flexibility index (Phi) is 4.22. The number of aryl methyl sites for hydroxylation is 1. The number of likely N-dealkylation sites (N-methyl/N-ethyl adjacent to an activating group) is 1. The summed E-state index contributed by atoms with van der Waals surface area (Å²) < 4.78 is 1.52. The molecule has 0 aliphatic carbocycles. The average Bonchev–Trinajstić information content (AvgIpc) is 2.82. The lowest BCUT2D eigenvalue weighted by Crippen LogP contribution is -2.32. The molecule has 0 saturated carbocycles. The number of amides is 1. The van der Waals surface area contributed by atoms with Crippen molar-refractivity contribution >= 4 is 5.91 Å². The highest BCUT2D eigenvalue weighted by Gasteiger charge is 2.15. The van der Waals surface area contributed by atoms with Crippen molar-refractivity contribution < 1.29 is 4.79 Å². The van der Waals surface area contributed by atoms with E-state index in [1.165, 1.54) is 4.68 Å². The highest BCUT2D eigenvalue weighted by molar-refractivity contribution is 5.77. The van der Waals surface area contributed by atoms with Crippen LogP contribution in [0.3, 0.4) is 0 Å². The Bertz CT molecular complexity index is 537. The molecule has 0 N–H and O–H groups in total. The van der Waals surface area contributed by atoms with Crippen molar-refractivity contribution in [2.45, 2.75) is 19.9 Å². The number of benzene rings is 1. The lowest BCUT2D eigenvalue weighted by Gasteiger charge is -2.20. The number of aromatic nitrogens is 4. The zero-order valence-corrected chi connectivity index (χ0v) is 11.2. The highest BCUT2D eigenvalue weighted by atomic mass is 16.2. The molecule has 0 bridgehead atoms. The number of nitrogens with zero attached hydrogens (tertiary/aromatic N) is 5. The molecule has 1 aromatic heterocycles. The first-order valence-corrected chi connectivity index (χ1v) is 6.23. The zero-order chi connectivity index (χ0) is 13.7. The van der Waals surface area contributed by atoms with Crippen LogP contribution in [0.4, 0.5) is 0 Å². The third kappa shape index (κ3) is 3.37. The van der Waals surface area contributed by atoms with Gasteiger partial charge in [-0.25, -0.2) is 4.68 Å². The summed E-state index contributed by atoms with van der Waals surface area (Å²) in [6, 6.07) is 9.94. The van der Waals surface area contributed by atoms with E-state index < -0.39 is 0 Å². The summed E-state index contributed by atoms with van der Waals surface area (Å²) in [6.07, 6.45) is 0.226. The molecule has 0 spiro atoms. The minimum absolute atomic E-state index is 0.0317. The Morgan fingerprint density at radius 1 is 1.32 bits per heavy atom. The van der Waals surface area contributed by atoms with Crippen LogP contribution in [0.2, 0.25) is 0 Å². The fraction of sp³-hybridized carbons (Fsp3) is 0.385. The third-order valence-corrected chi connectivity index (χ3v) is 2.97. The van der Waals surface area contributed by atoms with Gasteiger partial charge in [-0.05, 0) is 22.9 Å². The van der Waals surface area contributed by atoms with Crippen molar-refractivity contribution in [3.05, 3.63) is 41.7 Å². The number of rotatable bonds is 5. The molecule has 0 aliphatic heterocycles. The third-order valence-electron chi connectivity index (χ3n) is 2.97. The largest absolute Gasteiger partial charge is 0.338 e. The molecule has 0 saturated heterocycles. The SMILES string of the molecule is CCN(Cc1ccccc1)C(=O)Cc1nnnn1C. The second-order valence-electron chi connectivity index (χ2n) is 4.29. The number of tetrazole rings is 1. The van der Waals surface area contributed by atoms with Crippen LogP contribution in [0, 0.1) is 0 Å². The molecule has 2 rings (SSSR count). The molecule has 0 fully saturated rings. The van der Waals surface area contributed by atoms with Crippen molar-refractivity contribution in [1.29, 1.82) is 0 Å². The standard InChI is InChI=1S/C13H17N5O/c1-3-18(10-11-7-5-4-6-8-11)13(19)9-12-14-15-16-17(12)2/h4-8H,3,9-10H2,1-2H3. The van der Waals surface area contributed by atoms with Gasteiger partial charge >= 0.3 is 0 Å². The van der Waals surface area contributed by atoms with Gasteiger partial charge in [0.1, 0.15) is 0 Å². The van der Waals surface area contributed by atoms with Gasteiger partial charge in [0.05, 0.1) is 6.42 Å². The maximum Gasteiger partial charge on any atom is 0.230 e. The van der Waals surface area contributed by atoms with Crippen LogP contribution in [0.1, 0.15) is 18.3 Å². The topological polar surface area (TPSA) is 63.9 Å².